The van der Waals surface area contributed by atoms with Gasteiger partial charge in [-0.1, -0.05) is 0 Å². The predicted molar refractivity (Wildman–Crippen MR) is 59.5 cm³/mol. The molecule has 0 aromatic carbocycles. The summed E-state index contributed by atoms with van der Waals surface area (Å²) in [5, 5.41) is 0. The minimum absolute atomic E-state index is 0.0798. The summed E-state index contributed by atoms with van der Waals surface area (Å²) in [4.78, 5) is 13.8. The fraction of sp³-hybridized carbons (Fsp3) is 0.583. The Morgan fingerprint density at radius 3 is 2.88 bits per heavy atom. The van der Waals surface area contributed by atoms with Gasteiger partial charge in [0.05, 0.1) is 26.2 Å². The van der Waals surface area contributed by atoms with Gasteiger partial charge in [-0.2, -0.15) is 0 Å². The van der Waals surface area contributed by atoms with Gasteiger partial charge in [-0.25, -0.2) is 0 Å². The van der Waals surface area contributed by atoms with Crippen LogP contribution in [0.3, 0.4) is 0 Å². The van der Waals surface area contributed by atoms with Crippen LogP contribution in [0.25, 0.3) is 0 Å². The molecule has 0 aromatic rings. The number of likely N-dealkylation sites (N-methyl/N-ethyl adjacent to an activating group) is 1. The van der Waals surface area contributed by atoms with E-state index in [1.165, 1.54) is 7.11 Å². The quantitative estimate of drug-likeness (QED) is 0.661. The summed E-state index contributed by atoms with van der Waals surface area (Å²) in [6.45, 7) is 0. The minimum atomic E-state index is -0.131. The van der Waals surface area contributed by atoms with Crippen LogP contribution in [-0.2, 0) is 14.3 Å². The average Bonchev–Trinajstić information content (AvgIpc) is 2.70. The summed E-state index contributed by atoms with van der Waals surface area (Å²) in [7, 11) is 5.10. The summed E-state index contributed by atoms with van der Waals surface area (Å²) in [5.74, 6) is 0.776. The number of methoxy groups -OCH3 is 2. The van der Waals surface area contributed by atoms with Crippen molar-refractivity contribution in [2.75, 3.05) is 21.3 Å². The maximum atomic E-state index is 11.7. The number of allylic oxidation sites excluding steroid dienone is 1. The third-order valence-electron chi connectivity index (χ3n) is 3.38. The molecule has 88 valence electrons. The highest BCUT2D eigenvalue weighted by Crippen LogP contribution is 2.37. The molecule has 16 heavy (non-hydrogen) atoms. The molecule has 0 N–H and O–H groups in total. The number of carbonyl (C=O) groups excluding carboxylic acids is 1. The van der Waals surface area contributed by atoms with E-state index >= 15 is 0 Å². The Hall–Kier alpha value is -1.45. The number of ether oxygens (including phenoxy) is 2. The molecule has 0 bridgehead atoms. The van der Waals surface area contributed by atoms with Gasteiger partial charge in [-0.05, 0) is 18.7 Å². The minimum Gasteiger partial charge on any atom is -0.501 e. The van der Waals surface area contributed by atoms with E-state index in [1.54, 1.807) is 7.11 Å². The van der Waals surface area contributed by atoms with Gasteiger partial charge in [0.15, 0.2) is 0 Å². The lowest BCUT2D eigenvalue weighted by Gasteiger charge is -2.33. The molecule has 0 aromatic heterocycles. The van der Waals surface area contributed by atoms with Gasteiger partial charge in [0, 0.05) is 19.0 Å². The summed E-state index contributed by atoms with van der Waals surface area (Å²) in [5.41, 5.74) is 1.12. The zero-order valence-corrected chi connectivity index (χ0v) is 9.90. The fourth-order valence-electron chi connectivity index (χ4n) is 2.57. The van der Waals surface area contributed by atoms with Gasteiger partial charge < -0.3 is 14.4 Å². The fourth-order valence-corrected chi connectivity index (χ4v) is 2.57. The number of fused-ring (bicyclic) bond motifs is 1. The second kappa shape index (κ2) is 4.20. The van der Waals surface area contributed by atoms with Crippen molar-refractivity contribution < 1.29 is 14.3 Å². The zero-order valence-electron chi connectivity index (χ0n) is 9.90. The van der Waals surface area contributed by atoms with Gasteiger partial charge in [0.1, 0.15) is 5.76 Å². The highest BCUT2D eigenvalue weighted by atomic mass is 16.5. The smallest absolute Gasteiger partial charge is 0.311 e. The molecule has 1 heterocycles. The first-order valence-corrected chi connectivity index (χ1v) is 5.44. The summed E-state index contributed by atoms with van der Waals surface area (Å²) >= 11 is 0. The molecule has 0 amide bonds. The maximum Gasteiger partial charge on any atom is 0.311 e. The second-order valence-corrected chi connectivity index (χ2v) is 4.18. The van der Waals surface area contributed by atoms with Crippen LogP contribution < -0.4 is 0 Å². The van der Waals surface area contributed by atoms with E-state index < -0.39 is 0 Å². The van der Waals surface area contributed by atoms with Crippen LogP contribution in [0.15, 0.2) is 23.6 Å². The molecule has 1 aliphatic carbocycles. The molecule has 4 nitrogen and oxygen atoms in total. The van der Waals surface area contributed by atoms with E-state index in [9.17, 15) is 4.79 Å². The molecule has 1 aliphatic heterocycles. The molecule has 0 radical (unpaired) electrons. The topological polar surface area (TPSA) is 38.8 Å². The number of carbonyl (C=O) groups is 1. The molecule has 0 saturated carbocycles. The van der Waals surface area contributed by atoms with Crippen molar-refractivity contribution in [1.29, 1.82) is 0 Å². The lowest BCUT2D eigenvalue weighted by molar-refractivity contribution is -0.147. The first-order chi connectivity index (χ1) is 7.69. The van der Waals surface area contributed by atoms with Crippen LogP contribution in [-0.4, -0.2) is 38.2 Å². The Kier molecular flexibility index (Phi) is 2.90. The molecule has 2 rings (SSSR count). The highest BCUT2D eigenvalue weighted by Gasteiger charge is 2.40. The van der Waals surface area contributed by atoms with E-state index in [1.807, 2.05) is 19.3 Å². The first kappa shape index (κ1) is 11.0. The van der Waals surface area contributed by atoms with E-state index in [0.29, 0.717) is 0 Å². The van der Waals surface area contributed by atoms with Crippen molar-refractivity contribution in [2.45, 2.75) is 18.9 Å². The molecule has 2 unspecified atom stereocenters. The average molecular weight is 223 g/mol. The Bertz CT molecular complexity index is 359. The number of hydrogen-bond donors (Lipinski definition) is 0. The first-order valence-electron chi connectivity index (χ1n) is 5.44. The Morgan fingerprint density at radius 1 is 1.50 bits per heavy atom. The van der Waals surface area contributed by atoms with E-state index in [2.05, 4.69) is 4.90 Å². The molecule has 2 aliphatic rings. The third kappa shape index (κ3) is 1.58. The monoisotopic (exact) mass is 223 g/mol. The van der Waals surface area contributed by atoms with E-state index in [0.717, 1.165) is 24.2 Å². The number of nitrogens with zero attached hydrogens (tertiary/aromatic N) is 1. The molecule has 4 heteroatoms. The summed E-state index contributed by atoms with van der Waals surface area (Å²) < 4.78 is 10.2. The van der Waals surface area contributed by atoms with Gasteiger partial charge in [0.2, 0.25) is 0 Å². The summed E-state index contributed by atoms with van der Waals surface area (Å²) in [6, 6.07) is 0.0798. The maximum absolute atomic E-state index is 11.7. The molecule has 0 fully saturated rings. The molecule has 0 spiro atoms. The third-order valence-corrected chi connectivity index (χ3v) is 3.38. The van der Waals surface area contributed by atoms with Gasteiger partial charge in [-0.15, -0.1) is 0 Å². The van der Waals surface area contributed by atoms with Crippen LogP contribution in [0.2, 0.25) is 0 Å². The second-order valence-electron chi connectivity index (χ2n) is 4.18. The van der Waals surface area contributed by atoms with Crippen molar-refractivity contribution >= 4 is 5.97 Å². The van der Waals surface area contributed by atoms with Crippen LogP contribution >= 0.6 is 0 Å². The van der Waals surface area contributed by atoms with Crippen LogP contribution in [0, 0.1) is 5.92 Å². The molecule has 2 atom stereocenters. The normalized spacial score (nSPS) is 28.1. The predicted octanol–water partition coefficient (Wildman–Crippen LogP) is 1.30. The highest BCUT2D eigenvalue weighted by molar-refractivity contribution is 5.75. The Labute approximate surface area is 95.5 Å². The number of esters is 1. The molecular formula is C12H17NO3. The summed E-state index contributed by atoms with van der Waals surface area (Å²) in [6.07, 6.45) is 5.61. The van der Waals surface area contributed by atoms with Crippen LogP contribution in [0.1, 0.15) is 12.8 Å². The zero-order chi connectivity index (χ0) is 11.7. The van der Waals surface area contributed by atoms with Gasteiger partial charge >= 0.3 is 5.97 Å². The van der Waals surface area contributed by atoms with Gasteiger partial charge in [0.25, 0.3) is 0 Å². The van der Waals surface area contributed by atoms with Crippen molar-refractivity contribution in [3.05, 3.63) is 23.6 Å². The largest absolute Gasteiger partial charge is 0.501 e. The van der Waals surface area contributed by atoms with Gasteiger partial charge in [-0.3, -0.25) is 4.79 Å². The van der Waals surface area contributed by atoms with Crippen molar-refractivity contribution in [3.8, 4) is 0 Å². The lowest BCUT2D eigenvalue weighted by atomic mass is 9.83. The van der Waals surface area contributed by atoms with Crippen molar-refractivity contribution in [1.82, 2.24) is 4.90 Å². The number of hydrogen-bond acceptors (Lipinski definition) is 4. The Morgan fingerprint density at radius 2 is 2.25 bits per heavy atom. The van der Waals surface area contributed by atoms with Crippen LogP contribution in [0.4, 0.5) is 0 Å². The standard InChI is InChI=1S/C12H17NO3/c1-13-7-6-8-10(15-2)5-4-9(11(8)13)12(14)16-3/h6-7,9,11H,4-5H2,1-3H3. The molecular weight excluding hydrogens is 206 g/mol. The molecule has 0 saturated heterocycles. The van der Waals surface area contributed by atoms with Crippen LogP contribution in [0.5, 0.6) is 0 Å². The lowest BCUT2D eigenvalue weighted by Crippen LogP contribution is -2.40. The Balaban J connectivity index is 2.31. The van der Waals surface area contributed by atoms with E-state index in [4.69, 9.17) is 9.47 Å². The SMILES string of the molecule is COC(=O)C1CCC(OC)=C2C=CN(C)C21. The van der Waals surface area contributed by atoms with Crippen molar-refractivity contribution in [2.24, 2.45) is 5.92 Å². The van der Waals surface area contributed by atoms with E-state index in [-0.39, 0.29) is 17.9 Å². The number of rotatable bonds is 2. The van der Waals surface area contributed by atoms with Crippen molar-refractivity contribution in [3.63, 3.8) is 0 Å².